The summed E-state index contributed by atoms with van der Waals surface area (Å²) < 4.78 is 108. The summed E-state index contributed by atoms with van der Waals surface area (Å²) in [7, 11) is 0. The third kappa shape index (κ3) is 8.82. The summed E-state index contributed by atoms with van der Waals surface area (Å²) in [6.07, 6.45) is -6.37. The molecule has 20 heteroatoms. The van der Waals surface area contributed by atoms with Gasteiger partial charge in [-0.05, 0) is 85.6 Å². The number of nitrogens with two attached hydrogens (primary N) is 2. The van der Waals surface area contributed by atoms with Crippen LogP contribution in [0.15, 0.2) is 97.1 Å². The van der Waals surface area contributed by atoms with E-state index in [0.717, 1.165) is 42.9 Å². The molecule has 0 aliphatic heterocycles. The number of hydrogen-bond acceptors (Lipinski definition) is 10. The lowest BCUT2D eigenvalue weighted by atomic mass is 10.2. The molecule has 12 nitrogen and oxygen atoms in total. The third-order valence-corrected chi connectivity index (χ3v) is 9.42. The Morgan fingerprint density at radius 2 is 1.02 bits per heavy atom. The van der Waals surface area contributed by atoms with Gasteiger partial charge in [-0.15, -0.1) is 0 Å². The zero-order chi connectivity index (χ0) is 43.2. The summed E-state index contributed by atoms with van der Waals surface area (Å²) in [6, 6.07) is 20.5. The number of aromatic nitrogens is 8. The van der Waals surface area contributed by atoms with Gasteiger partial charge in [0.05, 0.1) is 33.2 Å². The number of benzene rings is 4. The molecule has 4 aromatic carbocycles. The Labute approximate surface area is 340 Å². The number of imidazole rings is 2. The zero-order valence-corrected chi connectivity index (χ0v) is 31.7. The molecule has 0 spiro atoms. The van der Waals surface area contributed by atoms with Gasteiger partial charge in [0, 0.05) is 48.0 Å². The second kappa shape index (κ2) is 15.7. The first-order valence-corrected chi connectivity index (χ1v) is 18.6. The van der Waals surface area contributed by atoms with E-state index in [2.05, 4.69) is 40.5 Å². The smallest absolute Gasteiger partial charge is 0.383 e. The standard InChI is InChI=1S/C21H16F4N6.C20H16F4N6/c22-13-5-8-15-16(9-13)31(19(28-15)11-1-2-11)20-29-17(26)10-18(30-20)27-14-6-3-12(4-7-14)21(23,24)25;1-2-18-27-14-8-5-12(21)9-15(14)30(18)19-28-16(25)10-17(29-19)26-13-6-3-11(4-7-13)20(22,23)24/h3-11H,1-2H2,(H3,26,27,29,30);3-10H,2H2,1H3,(H3,25,26,28,29). The predicted molar refractivity (Wildman–Crippen MR) is 213 cm³/mol. The van der Waals surface area contributed by atoms with Crippen molar-refractivity contribution in [1.82, 2.24) is 39.0 Å². The van der Waals surface area contributed by atoms with E-state index in [1.54, 1.807) is 21.3 Å². The lowest BCUT2D eigenvalue weighted by Gasteiger charge is -2.12. The highest BCUT2D eigenvalue weighted by Crippen LogP contribution is 2.42. The van der Waals surface area contributed by atoms with E-state index in [-0.39, 0.29) is 35.3 Å². The van der Waals surface area contributed by atoms with Gasteiger partial charge in [0.2, 0.25) is 11.9 Å². The molecule has 1 saturated carbocycles. The average Bonchev–Trinajstić information content (AvgIpc) is 3.88. The molecule has 312 valence electrons. The average molecular weight is 845 g/mol. The van der Waals surface area contributed by atoms with Crippen LogP contribution in [0.2, 0.25) is 0 Å². The highest BCUT2D eigenvalue weighted by atomic mass is 19.4. The van der Waals surface area contributed by atoms with E-state index < -0.39 is 35.1 Å². The van der Waals surface area contributed by atoms with Crippen LogP contribution < -0.4 is 22.1 Å². The quantitative estimate of drug-likeness (QED) is 0.108. The minimum Gasteiger partial charge on any atom is -0.383 e. The molecule has 0 radical (unpaired) electrons. The molecule has 0 bridgehead atoms. The number of fused-ring (bicyclic) bond motifs is 2. The largest absolute Gasteiger partial charge is 0.416 e. The minimum absolute atomic E-state index is 0.134. The van der Waals surface area contributed by atoms with Gasteiger partial charge >= 0.3 is 12.4 Å². The molecule has 1 aliphatic carbocycles. The normalized spacial score (nSPS) is 13.0. The number of hydrogen-bond donors (Lipinski definition) is 4. The van der Waals surface area contributed by atoms with E-state index in [0.29, 0.717) is 51.5 Å². The summed E-state index contributed by atoms with van der Waals surface area (Å²) in [5, 5.41) is 5.86. The Morgan fingerprint density at radius 1 is 0.574 bits per heavy atom. The van der Waals surface area contributed by atoms with Gasteiger partial charge in [0.25, 0.3) is 0 Å². The molecule has 6 N–H and O–H groups in total. The van der Waals surface area contributed by atoms with Gasteiger partial charge in [0.15, 0.2) is 0 Å². The molecule has 4 aromatic heterocycles. The number of nitrogens with zero attached hydrogens (tertiary/aromatic N) is 8. The fraction of sp³-hybridized carbons (Fsp3) is 0.171. The first-order chi connectivity index (χ1) is 29.0. The van der Waals surface area contributed by atoms with Gasteiger partial charge < -0.3 is 22.1 Å². The van der Waals surface area contributed by atoms with Crippen molar-refractivity contribution in [2.75, 3.05) is 22.1 Å². The molecule has 0 saturated heterocycles. The maximum Gasteiger partial charge on any atom is 0.416 e. The van der Waals surface area contributed by atoms with Crippen LogP contribution in [-0.4, -0.2) is 39.0 Å². The van der Waals surface area contributed by atoms with E-state index in [1.165, 1.54) is 60.7 Å². The lowest BCUT2D eigenvalue weighted by molar-refractivity contribution is -0.138. The number of nitrogen functional groups attached to an aromatic ring is 2. The number of halogens is 8. The van der Waals surface area contributed by atoms with Crippen molar-refractivity contribution in [3.8, 4) is 11.9 Å². The van der Waals surface area contributed by atoms with Gasteiger partial charge in [0.1, 0.15) is 46.6 Å². The summed E-state index contributed by atoms with van der Waals surface area (Å²) in [5.41, 5.74) is 13.4. The SMILES string of the molecule is CCc1nc2ccc(F)cc2n1-c1nc(N)cc(Nc2ccc(C(F)(F)F)cc2)n1.Nc1cc(Nc2ccc(C(F)(F)F)cc2)nc(-n2c(C3CC3)nc3ccc(F)cc32)n1. The van der Waals surface area contributed by atoms with Gasteiger partial charge in [-0.25, -0.2) is 18.7 Å². The summed E-state index contributed by atoms with van der Waals surface area (Å²) in [4.78, 5) is 26.5. The first-order valence-electron chi connectivity index (χ1n) is 18.6. The Bertz CT molecular complexity index is 2880. The number of aryl methyl sites for hydroxylation is 1. The molecule has 0 unspecified atom stereocenters. The van der Waals surface area contributed by atoms with Crippen molar-refractivity contribution < 1.29 is 35.1 Å². The summed E-state index contributed by atoms with van der Waals surface area (Å²) >= 11 is 0. The maximum atomic E-state index is 13.9. The van der Waals surface area contributed by atoms with Gasteiger partial charge in [-0.3, -0.25) is 9.13 Å². The fourth-order valence-electron chi connectivity index (χ4n) is 6.47. The van der Waals surface area contributed by atoms with Crippen molar-refractivity contribution in [2.45, 2.75) is 44.5 Å². The van der Waals surface area contributed by atoms with Gasteiger partial charge in [-0.1, -0.05) is 6.92 Å². The Hall–Kier alpha value is -7.38. The summed E-state index contributed by atoms with van der Waals surface area (Å²) in [5.74, 6) is 1.97. The molecule has 0 atom stereocenters. The van der Waals surface area contributed by atoms with Crippen molar-refractivity contribution >= 4 is 56.7 Å². The topological polar surface area (TPSA) is 163 Å². The number of nitrogens with one attached hydrogen (secondary N) is 2. The number of alkyl halides is 6. The first kappa shape index (κ1) is 40.4. The van der Waals surface area contributed by atoms with Crippen molar-refractivity contribution in [3.05, 3.63) is 131 Å². The molecule has 9 rings (SSSR count). The number of rotatable bonds is 8. The molecule has 0 amide bonds. The van der Waals surface area contributed by atoms with E-state index in [9.17, 15) is 35.1 Å². The molecular weight excluding hydrogens is 813 g/mol. The second-order valence-corrected chi connectivity index (χ2v) is 13.9. The van der Waals surface area contributed by atoms with Crippen molar-refractivity contribution in [3.63, 3.8) is 0 Å². The molecule has 4 heterocycles. The van der Waals surface area contributed by atoms with Crippen molar-refractivity contribution in [1.29, 1.82) is 0 Å². The van der Waals surface area contributed by atoms with Crippen LogP contribution in [0.25, 0.3) is 34.0 Å². The van der Waals surface area contributed by atoms with Crippen LogP contribution in [0.3, 0.4) is 0 Å². The Morgan fingerprint density at radius 3 is 1.46 bits per heavy atom. The number of anilines is 6. The molecule has 61 heavy (non-hydrogen) atoms. The Balaban J connectivity index is 0.000000169. The Kier molecular flexibility index (Phi) is 10.4. The van der Waals surface area contributed by atoms with Crippen LogP contribution in [0.1, 0.15) is 48.5 Å². The van der Waals surface area contributed by atoms with E-state index in [4.69, 9.17) is 11.5 Å². The van der Waals surface area contributed by atoms with Crippen LogP contribution in [0, 0.1) is 11.6 Å². The highest BCUT2D eigenvalue weighted by molar-refractivity contribution is 5.79. The van der Waals surface area contributed by atoms with Crippen LogP contribution in [0.4, 0.5) is 69.8 Å². The molecule has 8 aromatic rings. The fourth-order valence-corrected chi connectivity index (χ4v) is 6.47. The minimum atomic E-state index is -4.42. The van der Waals surface area contributed by atoms with Crippen LogP contribution >= 0.6 is 0 Å². The monoisotopic (exact) mass is 844 g/mol. The van der Waals surface area contributed by atoms with Crippen LogP contribution in [-0.2, 0) is 18.8 Å². The molecule has 1 fully saturated rings. The summed E-state index contributed by atoms with van der Waals surface area (Å²) in [6.45, 7) is 1.89. The van der Waals surface area contributed by atoms with E-state index >= 15 is 0 Å². The molecular formula is C41H32F8N12. The van der Waals surface area contributed by atoms with Crippen molar-refractivity contribution in [2.24, 2.45) is 0 Å². The second-order valence-electron chi connectivity index (χ2n) is 13.9. The zero-order valence-electron chi connectivity index (χ0n) is 31.7. The van der Waals surface area contributed by atoms with Crippen LogP contribution in [0.5, 0.6) is 0 Å². The van der Waals surface area contributed by atoms with E-state index in [1.807, 2.05) is 6.92 Å². The van der Waals surface area contributed by atoms with Gasteiger partial charge in [-0.2, -0.15) is 46.3 Å². The maximum absolute atomic E-state index is 13.9. The lowest BCUT2D eigenvalue weighted by Crippen LogP contribution is -2.09. The third-order valence-electron chi connectivity index (χ3n) is 9.42. The highest BCUT2D eigenvalue weighted by Gasteiger charge is 2.32. The molecule has 1 aliphatic rings. The predicted octanol–water partition coefficient (Wildman–Crippen LogP) is 10.0.